The summed E-state index contributed by atoms with van der Waals surface area (Å²) in [6.07, 6.45) is 0.563. The van der Waals surface area contributed by atoms with Crippen molar-refractivity contribution in [2.75, 3.05) is 45.9 Å². The molecule has 1 saturated heterocycles. The molecule has 8 nitrogen and oxygen atoms in total. The summed E-state index contributed by atoms with van der Waals surface area (Å²) >= 11 is 0. The number of nitrogens with zero attached hydrogens (tertiary/aromatic N) is 3. The number of methoxy groups -OCH3 is 2. The van der Waals surface area contributed by atoms with Crippen molar-refractivity contribution in [3.63, 3.8) is 0 Å². The van der Waals surface area contributed by atoms with E-state index >= 15 is 0 Å². The first-order chi connectivity index (χ1) is 15.9. The smallest absolute Gasteiger partial charge is 0.409 e. The lowest BCUT2D eigenvalue weighted by Crippen LogP contribution is -2.36. The van der Waals surface area contributed by atoms with Crippen molar-refractivity contribution < 1.29 is 23.4 Å². The van der Waals surface area contributed by atoms with E-state index in [4.69, 9.17) is 24.2 Å². The third-order valence-corrected chi connectivity index (χ3v) is 5.83. The minimum Gasteiger partial charge on any atom is -0.497 e. The summed E-state index contributed by atoms with van der Waals surface area (Å²) in [4.78, 5) is 23.5. The third kappa shape index (κ3) is 5.52. The van der Waals surface area contributed by atoms with Crippen LogP contribution in [0, 0.1) is 6.92 Å². The van der Waals surface area contributed by atoms with Crippen molar-refractivity contribution in [1.82, 2.24) is 14.9 Å². The largest absolute Gasteiger partial charge is 0.497 e. The number of carbonyl (C=O) groups excluding carboxylic acids is 1. The second-order valence-corrected chi connectivity index (χ2v) is 7.93. The molecule has 2 unspecified atom stereocenters. The molecular weight excluding hydrogens is 427 g/mol. The van der Waals surface area contributed by atoms with Gasteiger partial charge in [-0.05, 0) is 43.5 Å². The van der Waals surface area contributed by atoms with Crippen LogP contribution < -0.4 is 10.1 Å². The van der Waals surface area contributed by atoms with Crippen molar-refractivity contribution >= 4 is 11.9 Å². The molecule has 1 aliphatic heterocycles. The van der Waals surface area contributed by atoms with Gasteiger partial charge < -0.3 is 24.4 Å². The van der Waals surface area contributed by atoms with Crippen LogP contribution in [0.5, 0.6) is 5.75 Å². The van der Waals surface area contributed by atoms with Crippen LogP contribution >= 0.6 is 0 Å². The number of likely N-dealkylation sites (tertiary alicyclic amines) is 1. The van der Waals surface area contributed by atoms with E-state index in [0.29, 0.717) is 31.7 Å². The van der Waals surface area contributed by atoms with Crippen molar-refractivity contribution in [3.05, 3.63) is 35.2 Å². The van der Waals surface area contributed by atoms with Gasteiger partial charge in [0.2, 0.25) is 0 Å². The van der Waals surface area contributed by atoms with Crippen LogP contribution in [-0.2, 0) is 22.3 Å². The van der Waals surface area contributed by atoms with Crippen LogP contribution in [0.15, 0.2) is 18.2 Å². The highest BCUT2D eigenvalue weighted by Gasteiger charge is 2.37. The summed E-state index contributed by atoms with van der Waals surface area (Å²) in [5.74, 6) is 1.46. The molecule has 1 aromatic heterocycles. The van der Waals surface area contributed by atoms with E-state index in [1.807, 2.05) is 39.0 Å². The van der Waals surface area contributed by atoms with Gasteiger partial charge >= 0.3 is 6.09 Å². The molecule has 3 rings (SSSR count). The van der Waals surface area contributed by atoms with Crippen LogP contribution in [0.25, 0.3) is 11.3 Å². The summed E-state index contributed by atoms with van der Waals surface area (Å²) in [5, 5.41) is 3.42. The molecule has 2 aromatic rings. The average molecular weight is 461 g/mol. The van der Waals surface area contributed by atoms with Crippen LogP contribution in [0.4, 0.5) is 15.0 Å². The van der Waals surface area contributed by atoms with Crippen LogP contribution in [0.2, 0.25) is 0 Å². The SMILES string of the molecule is CCc1nc(-c2ccc(OC)cc2C)c(CC)nc1NC1CN(C(=O)OC)CC1OCCF. The Kier molecular flexibility index (Phi) is 8.43. The molecule has 2 atom stereocenters. The van der Waals surface area contributed by atoms with E-state index in [2.05, 4.69) is 5.32 Å². The normalized spacial score (nSPS) is 17.8. The first-order valence-electron chi connectivity index (χ1n) is 11.3. The zero-order valence-electron chi connectivity index (χ0n) is 20.0. The van der Waals surface area contributed by atoms with Crippen LogP contribution in [-0.4, -0.2) is 73.7 Å². The van der Waals surface area contributed by atoms with Crippen LogP contribution in [0.3, 0.4) is 0 Å². The van der Waals surface area contributed by atoms with Gasteiger partial charge in [0.15, 0.2) is 0 Å². The average Bonchev–Trinajstić information content (AvgIpc) is 3.24. The van der Waals surface area contributed by atoms with Crippen LogP contribution in [0.1, 0.15) is 30.8 Å². The fourth-order valence-corrected chi connectivity index (χ4v) is 4.09. The van der Waals surface area contributed by atoms with E-state index in [-0.39, 0.29) is 18.8 Å². The number of hydrogen-bond donors (Lipinski definition) is 1. The lowest BCUT2D eigenvalue weighted by molar-refractivity contribution is 0.0443. The molecule has 2 heterocycles. The standard InChI is InChI=1S/C24H33FN4O4/c1-6-18-22(17-9-8-16(31-4)12-15(17)3)26-19(7-2)23(27-18)28-20-13-29(24(30)32-5)14-21(20)33-11-10-25/h8-9,12,20-21H,6-7,10-11,13-14H2,1-5H3,(H,27,28). The number of rotatable bonds is 9. The quantitative estimate of drug-likeness (QED) is 0.609. The van der Waals surface area contributed by atoms with Gasteiger partial charge in [0.1, 0.15) is 18.2 Å². The van der Waals surface area contributed by atoms with Gasteiger partial charge in [0, 0.05) is 12.1 Å². The molecule has 180 valence electrons. The minimum absolute atomic E-state index is 0.0277. The molecular formula is C24H33FN4O4. The number of carbonyl (C=O) groups is 1. The Morgan fingerprint density at radius 1 is 1.18 bits per heavy atom. The van der Waals surface area contributed by atoms with Gasteiger partial charge in [0.25, 0.3) is 0 Å². The van der Waals surface area contributed by atoms with Crippen molar-refractivity contribution in [1.29, 1.82) is 0 Å². The minimum atomic E-state index is -0.586. The molecule has 0 saturated carbocycles. The first kappa shape index (κ1) is 24.7. The number of halogens is 1. The Morgan fingerprint density at radius 3 is 2.55 bits per heavy atom. The number of benzene rings is 1. The molecule has 33 heavy (non-hydrogen) atoms. The van der Waals surface area contributed by atoms with E-state index < -0.39 is 12.8 Å². The van der Waals surface area contributed by atoms with Crippen molar-refractivity contribution in [3.8, 4) is 17.0 Å². The van der Waals surface area contributed by atoms with E-state index in [9.17, 15) is 9.18 Å². The van der Waals surface area contributed by atoms with Gasteiger partial charge in [-0.2, -0.15) is 0 Å². The molecule has 0 radical (unpaired) electrons. The molecule has 1 aromatic carbocycles. The number of alkyl halides is 1. The zero-order chi connectivity index (χ0) is 24.0. The van der Waals surface area contributed by atoms with Crippen molar-refractivity contribution in [2.45, 2.75) is 45.8 Å². The molecule has 1 amide bonds. The molecule has 0 bridgehead atoms. The third-order valence-electron chi connectivity index (χ3n) is 5.83. The number of anilines is 1. The Morgan fingerprint density at radius 2 is 1.94 bits per heavy atom. The number of amides is 1. The van der Waals surface area contributed by atoms with Gasteiger partial charge in [-0.3, -0.25) is 0 Å². The first-order valence-corrected chi connectivity index (χ1v) is 11.3. The maximum atomic E-state index is 12.7. The maximum Gasteiger partial charge on any atom is 0.409 e. The summed E-state index contributed by atoms with van der Waals surface area (Å²) in [5.41, 5.74) is 4.62. The second kappa shape index (κ2) is 11.3. The lowest BCUT2D eigenvalue weighted by atomic mass is 10.0. The topological polar surface area (TPSA) is 85.8 Å². The second-order valence-electron chi connectivity index (χ2n) is 7.93. The van der Waals surface area contributed by atoms with Gasteiger partial charge in [-0.15, -0.1) is 0 Å². The molecule has 0 aliphatic carbocycles. The number of hydrogen-bond acceptors (Lipinski definition) is 7. The van der Waals surface area contributed by atoms with Crippen molar-refractivity contribution in [2.24, 2.45) is 0 Å². The molecule has 0 spiro atoms. The fourth-order valence-electron chi connectivity index (χ4n) is 4.09. The fraction of sp³-hybridized carbons (Fsp3) is 0.542. The van der Waals surface area contributed by atoms with Gasteiger partial charge in [0.05, 0.1) is 56.6 Å². The van der Waals surface area contributed by atoms with Gasteiger partial charge in [-0.25, -0.2) is 19.2 Å². The highest BCUT2D eigenvalue weighted by atomic mass is 19.1. The number of aryl methyl sites for hydroxylation is 3. The Labute approximate surface area is 194 Å². The predicted octanol–water partition coefficient (Wildman–Crippen LogP) is 3.80. The zero-order valence-corrected chi connectivity index (χ0v) is 20.0. The van der Waals surface area contributed by atoms with E-state index in [0.717, 1.165) is 34.0 Å². The molecule has 1 N–H and O–H groups in total. The summed E-state index contributed by atoms with van der Waals surface area (Å²) in [6, 6.07) is 5.67. The van der Waals surface area contributed by atoms with E-state index in [1.165, 1.54) is 7.11 Å². The summed E-state index contributed by atoms with van der Waals surface area (Å²) < 4.78 is 28.6. The van der Waals surface area contributed by atoms with Gasteiger partial charge in [-0.1, -0.05) is 13.8 Å². The summed E-state index contributed by atoms with van der Waals surface area (Å²) in [6.45, 7) is 6.18. The van der Waals surface area contributed by atoms with E-state index in [1.54, 1.807) is 12.0 Å². The highest BCUT2D eigenvalue weighted by Crippen LogP contribution is 2.30. The Hall–Kier alpha value is -2.94. The number of aromatic nitrogens is 2. The molecule has 1 fully saturated rings. The monoisotopic (exact) mass is 460 g/mol. The Bertz CT molecular complexity index is 972. The Balaban J connectivity index is 1.93. The molecule has 1 aliphatic rings. The lowest BCUT2D eigenvalue weighted by Gasteiger charge is -2.22. The summed E-state index contributed by atoms with van der Waals surface area (Å²) in [7, 11) is 2.99. The maximum absolute atomic E-state index is 12.7. The highest BCUT2D eigenvalue weighted by molar-refractivity contribution is 5.69. The predicted molar refractivity (Wildman–Crippen MR) is 125 cm³/mol. The molecule has 9 heteroatoms. The number of nitrogens with one attached hydrogen (secondary N) is 1. The number of ether oxygens (including phenoxy) is 3.